The minimum absolute atomic E-state index is 0.0523. The molecule has 4 N–H and O–H groups in total. The Hall–Kier alpha value is -3.79. The lowest BCUT2D eigenvalue weighted by atomic mass is 10.1. The van der Waals surface area contributed by atoms with Crippen molar-refractivity contribution in [1.82, 2.24) is 35.2 Å². The van der Waals surface area contributed by atoms with E-state index in [-0.39, 0.29) is 11.7 Å². The van der Waals surface area contributed by atoms with Crippen molar-refractivity contribution in [3.8, 4) is 0 Å². The zero-order valence-electron chi connectivity index (χ0n) is 18.6. The molecule has 0 fully saturated rings. The second-order valence-electron chi connectivity index (χ2n) is 8.27. The van der Waals surface area contributed by atoms with Gasteiger partial charge in [-0.05, 0) is 48.4 Å². The molecular formula is C25H27N7O2. The molecule has 1 unspecified atom stereocenters. The predicted molar refractivity (Wildman–Crippen MR) is 129 cm³/mol. The number of aliphatic hydroxyl groups excluding tert-OH is 1. The Morgan fingerprint density at radius 1 is 1.18 bits per heavy atom. The molecule has 0 aromatic carbocycles. The third-order valence-electron chi connectivity index (χ3n) is 5.77. The molecule has 0 saturated carbocycles. The Morgan fingerprint density at radius 2 is 2.12 bits per heavy atom. The summed E-state index contributed by atoms with van der Waals surface area (Å²) >= 11 is 0. The Kier molecular flexibility index (Phi) is 6.48. The van der Waals surface area contributed by atoms with Crippen molar-refractivity contribution in [2.45, 2.75) is 18.8 Å². The molecule has 0 spiro atoms. The number of nitrogens with zero attached hydrogens (tertiary/aromatic N) is 4. The van der Waals surface area contributed by atoms with Crippen molar-refractivity contribution in [2.24, 2.45) is 0 Å². The fourth-order valence-corrected chi connectivity index (χ4v) is 4.01. The largest absolute Gasteiger partial charge is 0.373 e. The quantitative estimate of drug-likeness (QED) is 0.279. The van der Waals surface area contributed by atoms with Gasteiger partial charge in [0.15, 0.2) is 0 Å². The van der Waals surface area contributed by atoms with Gasteiger partial charge in [-0.15, -0.1) is 0 Å². The predicted octanol–water partition coefficient (Wildman–Crippen LogP) is 1.03. The molecule has 9 heteroatoms. The minimum Gasteiger partial charge on any atom is -0.373 e. The van der Waals surface area contributed by atoms with Crippen molar-refractivity contribution < 1.29 is 5.11 Å². The smallest absolute Gasteiger partial charge is 0.258 e. The van der Waals surface area contributed by atoms with Crippen LogP contribution in [-0.4, -0.2) is 50.2 Å². The summed E-state index contributed by atoms with van der Waals surface area (Å²) in [5, 5.41) is 20.5. The number of pyridine rings is 2. The average Bonchev–Trinajstić information content (AvgIpc) is 3.28. The fraction of sp³-hybridized carbons (Fsp3) is 0.240. The normalized spacial score (nSPS) is 17.8. The van der Waals surface area contributed by atoms with Crippen molar-refractivity contribution in [3.63, 3.8) is 0 Å². The molecule has 9 nitrogen and oxygen atoms in total. The highest BCUT2D eigenvalue weighted by atomic mass is 16.3. The molecule has 5 rings (SSSR count). The number of rotatable bonds is 9. The summed E-state index contributed by atoms with van der Waals surface area (Å²) in [7, 11) is 0. The number of hydrogen-bond acceptors (Lipinski definition) is 8. The van der Waals surface area contributed by atoms with Crippen LogP contribution in [0.15, 0.2) is 95.6 Å². The highest BCUT2D eigenvalue weighted by molar-refractivity contribution is 5.38. The Morgan fingerprint density at radius 3 is 3.00 bits per heavy atom. The van der Waals surface area contributed by atoms with E-state index in [0.717, 1.165) is 25.2 Å². The average molecular weight is 458 g/mol. The SMILES string of the molecule is O=c1cc([C@H](O)NCC2=CN3C=C(CNCCc4cccnc4)C=CC3N2)nc2ccccn12. The molecule has 3 aromatic heterocycles. The summed E-state index contributed by atoms with van der Waals surface area (Å²) in [5.41, 5.74) is 3.92. The first kappa shape index (κ1) is 22.0. The molecule has 0 radical (unpaired) electrons. The highest BCUT2D eigenvalue weighted by Crippen LogP contribution is 2.19. The Balaban J connectivity index is 1.13. The molecule has 3 aromatic rings. The van der Waals surface area contributed by atoms with Gasteiger partial charge in [0.2, 0.25) is 0 Å². The van der Waals surface area contributed by atoms with E-state index in [4.69, 9.17) is 0 Å². The monoisotopic (exact) mass is 457 g/mol. The molecule has 2 aliphatic rings. The van der Waals surface area contributed by atoms with Crippen LogP contribution in [0.25, 0.3) is 5.65 Å². The molecule has 174 valence electrons. The lowest BCUT2D eigenvalue weighted by Crippen LogP contribution is -2.36. The van der Waals surface area contributed by atoms with Crippen LogP contribution in [0.3, 0.4) is 0 Å². The van der Waals surface area contributed by atoms with Crippen LogP contribution in [0, 0.1) is 0 Å². The first-order valence-electron chi connectivity index (χ1n) is 11.3. The minimum atomic E-state index is -1.05. The molecule has 0 amide bonds. The highest BCUT2D eigenvalue weighted by Gasteiger charge is 2.23. The number of aromatic nitrogens is 3. The molecule has 0 aliphatic carbocycles. The third kappa shape index (κ3) is 5.07. The van der Waals surface area contributed by atoms with Gasteiger partial charge in [0, 0.05) is 55.8 Å². The molecule has 34 heavy (non-hydrogen) atoms. The summed E-state index contributed by atoms with van der Waals surface area (Å²) in [6, 6.07) is 10.7. The topological polar surface area (TPSA) is 107 Å². The number of hydrogen-bond donors (Lipinski definition) is 4. The molecule has 0 saturated heterocycles. The van der Waals surface area contributed by atoms with E-state index in [9.17, 15) is 9.90 Å². The number of nitrogens with one attached hydrogen (secondary N) is 3. The van der Waals surface area contributed by atoms with Gasteiger partial charge >= 0.3 is 0 Å². The zero-order chi connectivity index (χ0) is 23.3. The molecule has 2 atom stereocenters. The van der Waals surface area contributed by atoms with Crippen molar-refractivity contribution >= 4 is 5.65 Å². The lowest BCUT2D eigenvalue weighted by molar-refractivity contribution is 0.138. The van der Waals surface area contributed by atoms with Gasteiger partial charge in [-0.1, -0.05) is 18.2 Å². The van der Waals surface area contributed by atoms with Gasteiger partial charge in [-0.3, -0.25) is 19.5 Å². The van der Waals surface area contributed by atoms with Crippen molar-refractivity contribution in [2.75, 3.05) is 19.6 Å². The first-order valence-corrected chi connectivity index (χ1v) is 11.3. The van der Waals surface area contributed by atoms with Crippen LogP contribution in [-0.2, 0) is 6.42 Å². The molecular weight excluding hydrogens is 430 g/mol. The summed E-state index contributed by atoms with van der Waals surface area (Å²) in [6.07, 6.45) is 13.7. The van der Waals surface area contributed by atoms with Gasteiger partial charge in [0.25, 0.3) is 5.56 Å². The van der Waals surface area contributed by atoms with Crippen LogP contribution in [0.1, 0.15) is 17.5 Å². The van der Waals surface area contributed by atoms with Crippen molar-refractivity contribution in [1.29, 1.82) is 0 Å². The van der Waals surface area contributed by atoms with E-state index in [1.165, 1.54) is 21.6 Å². The van der Waals surface area contributed by atoms with E-state index in [2.05, 4.69) is 55.2 Å². The Bertz CT molecular complexity index is 1300. The summed E-state index contributed by atoms with van der Waals surface area (Å²) in [5.74, 6) is 0. The van der Waals surface area contributed by atoms with Crippen molar-refractivity contribution in [3.05, 3.63) is 112 Å². The maximum absolute atomic E-state index is 12.3. The van der Waals surface area contributed by atoms with Crippen LogP contribution in [0.2, 0.25) is 0 Å². The molecule has 5 heterocycles. The maximum Gasteiger partial charge on any atom is 0.258 e. The van der Waals surface area contributed by atoms with Gasteiger partial charge in [0.1, 0.15) is 18.0 Å². The van der Waals surface area contributed by atoms with Gasteiger partial charge in [-0.25, -0.2) is 4.98 Å². The van der Waals surface area contributed by atoms with E-state index in [1.807, 2.05) is 18.5 Å². The molecule has 0 bridgehead atoms. The van der Waals surface area contributed by atoms with E-state index in [0.29, 0.717) is 17.9 Å². The summed E-state index contributed by atoms with van der Waals surface area (Å²) < 4.78 is 1.44. The van der Waals surface area contributed by atoms with Gasteiger partial charge in [-0.2, -0.15) is 0 Å². The second kappa shape index (κ2) is 10.0. The van der Waals surface area contributed by atoms with Gasteiger partial charge < -0.3 is 20.6 Å². The standard InChI is InChI=1S/C25H27N7O2/c33-24-12-21(30-23-5-1-2-11-32(23)24)25(34)28-15-20-17-31-16-19(6-7-22(31)29-20)14-27-10-8-18-4-3-9-26-13-18/h1-7,9,11-13,16-17,22,25,27-29,34H,8,10,14-15H2/t22?,25-/m0/s1. The third-order valence-corrected chi connectivity index (χ3v) is 5.77. The van der Waals surface area contributed by atoms with E-state index >= 15 is 0 Å². The summed E-state index contributed by atoms with van der Waals surface area (Å²) in [4.78, 5) is 22.9. The fourth-order valence-electron chi connectivity index (χ4n) is 4.01. The van der Waals surface area contributed by atoms with Crippen LogP contribution in [0.5, 0.6) is 0 Å². The zero-order valence-corrected chi connectivity index (χ0v) is 18.6. The second-order valence-corrected chi connectivity index (χ2v) is 8.27. The van der Waals surface area contributed by atoms with Gasteiger partial charge in [0.05, 0.1) is 5.69 Å². The van der Waals surface area contributed by atoms with Crippen LogP contribution < -0.4 is 21.5 Å². The van der Waals surface area contributed by atoms with Crippen LogP contribution >= 0.6 is 0 Å². The number of fused-ring (bicyclic) bond motifs is 2. The van der Waals surface area contributed by atoms with Crippen LogP contribution in [0.4, 0.5) is 0 Å². The number of aliphatic hydroxyl groups is 1. The van der Waals surface area contributed by atoms with E-state index in [1.54, 1.807) is 30.6 Å². The Labute approximate surface area is 197 Å². The maximum atomic E-state index is 12.3. The summed E-state index contributed by atoms with van der Waals surface area (Å²) in [6.45, 7) is 2.07. The van der Waals surface area contributed by atoms with E-state index < -0.39 is 6.23 Å². The lowest BCUT2D eigenvalue weighted by Gasteiger charge is -2.24. The first-order chi connectivity index (χ1) is 16.7. The molecule has 2 aliphatic heterocycles.